The zero-order valence-electron chi connectivity index (χ0n) is 17.4. The molecule has 0 unspecified atom stereocenters. The number of carbonyl (C=O) groups excluding carboxylic acids is 1. The van der Waals surface area contributed by atoms with Crippen LogP contribution < -0.4 is 10.6 Å². The van der Waals surface area contributed by atoms with E-state index in [2.05, 4.69) is 31.5 Å². The fraction of sp³-hybridized carbons (Fsp3) is 0.571. The van der Waals surface area contributed by atoms with Gasteiger partial charge >= 0.3 is 6.09 Å². The number of hydrogen-bond donors (Lipinski definition) is 2. The van der Waals surface area contributed by atoms with Gasteiger partial charge < -0.3 is 20.1 Å². The standard InChI is InChI=1S/C21H29BrN4O3/c1-21(2,3)29-20(27)25-17-7-5-16(6-8-17)24-19-23-11-13-9-15(22)10-14(12-28-4)18(13)26-19/h9-11,16-17H,5-8,12H2,1-4H3,(H,25,27)(H,23,24,26). The molecule has 7 nitrogen and oxygen atoms in total. The highest BCUT2D eigenvalue weighted by Crippen LogP contribution is 2.26. The molecule has 1 saturated carbocycles. The second-order valence-electron chi connectivity index (χ2n) is 8.47. The lowest BCUT2D eigenvalue weighted by molar-refractivity contribution is 0.0492. The molecule has 1 heterocycles. The van der Waals surface area contributed by atoms with Gasteiger partial charge in [0.1, 0.15) is 5.60 Å². The Bertz CT molecular complexity index is 861. The van der Waals surface area contributed by atoms with Crippen molar-refractivity contribution in [1.82, 2.24) is 15.3 Å². The molecule has 1 aliphatic carbocycles. The first-order valence-corrected chi connectivity index (χ1v) is 10.7. The second-order valence-corrected chi connectivity index (χ2v) is 9.38. The first-order chi connectivity index (χ1) is 13.7. The summed E-state index contributed by atoms with van der Waals surface area (Å²) in [7, 11) is 1.68. The Balaban J connectivity index is 1.59. The number of halogens is 1. The van der Waals surface area contributed by atoms with Gasteiger partial charge in [-0.1, -0.05) is 15.9 Å². The van der Waals surface area contributed by atoms with Gasteiger partial charge in [-0.15, -0.1) is 0 Å². The number of carbonyl (C=O) groups is 1. The van der Waals surface area contributed by atoms with Crippen LogP contribution in [0, 0.1) is 0 Å². The molecule has 2 N–H and O–H groups in total. The Hall–Kier alpha value is -1.93. The number of benzene rings is 1. The lowest BCUT2D eigenvalue weighted by atomic mass is 9.91. The fourth-order valence-electron chi connectivity index (χ4n) is 3.55. The number of anilines is 1. The van der Waals surface area contributed by atoms with E-state index >= 15 is 0 Å². The van der Waals surface area contributed by atoms with Crippen molar-refractivity contribution in [3.63, 3.8) is 0 Å². The quantitative estimate of drug-likeness (QED) is 0.661. The third-order valence-corrected chi connectivity index (χ3v) is 5.27. The van der Waals surface area contributed by atoms with E-state index in [9.17, 15) is 4.79 Å². The maximum Gasteiger partial charge on any atom is 0.407 e. The summed E-state index contributed by atoms with van der Waals surface area (Å²) in [5, 5.41) is 7.40. The van der Waals surface area contributed by atoms with E-state index in [1.54, 1.807) is 7.11 Å². The van der Waals surface area contributed by atoms with Crippen molar-refractivity contribution < 1.29 is 14.3 Å². The van der Waals surface area contributed by atoms with Crippen molar-refractivity contribution in [3.8, 4) is 0 Å². The van der Waals surface area contributed by atoms with E-state index in [-0.39, 0.29) is 18.2 Å². The Morgan fingerprint density at radius 1 is 1.21 bits per heavy atom. The largest absolute Gasteiger partial charge is 0.444 e. The number of nitrogens with one attached hydrogen (secondary N) is 2. The topological polar surface area (TPSA) is 85.4 Å². The highest BCUT2D eigenvalue weighted by atomic mass is 79.9. The molecule has 1 aliphatic rings. The van der Waals surface area contributed by atoms with Gasteiger partial charge in [0.15, 0.2) is 0 Å². The molecule has 1 fully saturated rings. The van der Waals surface area contributed by atoms with Crippen molar-refractivity contribution >= 4 is 38.9 Å². The molecule has 0 aliphatic heterocycles. The van der Waals surface area contributed by atoms with Gasteiger partial charge in [0.25, 0.3) is 0 Å². The van der Waals surface area contributed by atoms with E-state index in [0.717, 1.165) is 46.6 Å². The van der Waals surface area contributed by atoms with Gasteiger partial charge in [-0.05, 0) is 58.6 Å². The molecule has 2 aromatic rings. The molecule has 0 spiro atoms. The van der Waals surface area contributed by atoms with Gasteiger partial charge in [-0.25, -0.2) is 14.8 Å². The van der Waals surface area contributed by atoms with Crippen molar-refractivity contribution in [2.75, 3.05) is 12.4 Å². The Morgan fingerprint density at radius 3 is 2.55 bits per heavy atom. The smallest absolute Gasteiger partial charge is 0.407 e. The van der Waals surface area contributed by atoms with Gasteiger partial charge in [0.2, 0.25) is 5.95 Å². The molecule has 3 rings (SSSR count). The first kappa shape index (κ1) is 21.8. The summed E-state index contributed by atoms with van der Waals surface area (Å²) < 4.78 is 11.6. The van der Waals surface area contributed by atoms with E-state index in [1.807, 2.05) is 39.1 Å². The maximum absolute atomic E-state index is 12.0. The zero-order chi connectivity index (χ0) is 21.0. The molecular weight excluding hydrogens is 436 g/mol. The average Bonchev–Trinajstić information content (AvgIpc) is 2.62. The highest BCUT2D eigenvalue weighted by molar-refractivity contribution is 9.10. The van der Waals surface area contributed by atoms with Gasteiger partial charge in [-0.2, -0.15) is 0 Å². The van der Waals surface area contributed by atoms with Crippen LogP contribution in [0.1, 0.15) is 52.0 Å². The van der Waals surface area contributed by atoms with Crippen molar-refractivity contribution in [2.24, 2.45) is 0 Å². The number of fused-ring (bicyclic) bond motifs is 1. The summed E-state index contributed by atoms with van der Waals surface area (Å²) >= 11 is 3.52. The highest BCUT2D eigenvalue weighted by Gasteiger charge is 2.25. The van der Waals surface area contributed by atoms with Crippen molar-refractivity contribution in [1.29, 1.82) is 0 Å². The SMILES string of the molecule is COCc1cc(Br)cc2cnc(NC3CCC(NC(=O)OC(C)(C)C)CC3)nc12. The molecule has 29 heavy (non-hydrogen) atoms. The van der Waals surface area contributed by atoms with Crippen LogP contribution >= 0.6 is 15.9 Å². The molecule has 0 saturated heterocycles. The molecule has 8 heteroatoms. The number of alkyl carbamates (subject to hydrolysis) is 1. The Labute approximate surface area is 180 Å². The van der Waals surface area contributed by atoms with Crippen LogP contribution in [0.15, 0.2) is 22.8 Å². The van der Waals surface area contributed by atoms with E-state index in [0.29, 0.717) is 12.6 Å². The number of hydrogen-bond acceptors (Lipinski definition) is 6. The van der Waals surface area contributed by atoms with Crippen LogP contribution in [0.2, 0.25) is 0 Å². The van der Waals surface area contributed by atoms with Crippen LogP contribution in [0.3, 0.4) is 0 Å². The minimum Gasteiger partial charge on any atom is -0.444 e. The molecule has 1 amide bonds. The van der Waals surface area contributed by atoms with E-state index < -0.39 is 5.60 Å². The molecule has 0 radical (unpaired) electrons. The summed E-state index contributed by atoms with van der Waals surface area (Å²) in [5.41, 5.74) is 1.44. The van der Waals surface area contributed by atoms with Gasteiger partial charge in [-0.3, -0.25) is 0 Å². The lowest BCUT2D eigenvalue weighted by Crippen LogP contribution is -2.42. The number of ether oxygens (including phenoxy) is 2. The van der Waals surface area contributed by atoms with Crippen LogP contribution in [0.5, 0.6) is 0 Å². The minimum atomic E-state index is -0.479. The second kappa shape index (κ2) is 9.26. The lowest BCUT2D eigenvalue weighted by Gasteiger charge is -2.30. The summed E-state index contributed by atoms with van der Waals surface area (Å²) in [6.07, 6.45) is 5.16. The molecule has 158 valence electrons. The Morgan fingerprint density at radius 2 is 1.90 bits per heavy atom. The third kappa shape index (κ3) is 6.27. The number of methoxy groups -OCH3 is 1. The summed E-state index contributed by atoms with van der Waals surface area (Å²) in [6.45, 7) is 6.10. The fourth-order valence-corrected chi connectivity index (χ4v) is 4.08. The molecule has 0 bridgehead atoms. The number of amides is 1. The molecule has 1 aromatic heterocycles. The molecule has 0 atom stereocenters. The van der Waals surface area contributed by atoms with Crippen LogP contribution in [0.4, 0.5) is 10.7 Å². The molecule has 1 aromatic carbocycles. The number of rotatable bonds is 5. The summed E-state index contributed by atoms with van der Waals surface area (Å²) in [5.74, 6) is 0.626. The zero-order valence-corrected chi connectivity index (χ0v) is 19.0. The van der Waals surface area contributed by atoms with Crippen LogP contribution in [0.25, 0.3) is 10.9 Å². The summed E-state index contributed by atoms with van der Waals surface area (Å²) in [4.78, 5) is 21.2. The summed E-state index contributed by atoms with van der Waals surface area (Å²) in [6, 6.07) is 4.46. The minimum absolute atomic E-state index is 0.145. The third-order valence-electron chi connectivity index (χ3n) is 4.81. The monoisotopic (exact) mass is 464 g/mol. The van der Waals surface area contributed by atoms with Gasteiger partial charge in [0, 0.05) is 40.8 Å². The normalized spacial score (nSPS) is 19.8. The average molecular weight is 465 g/mol. The molecular formula is C21H29BrN4O3. The maximum atomic E-state index is 12.0. The van der Waals surface area contributed by atoms with Crippen molar-refractivity contribution in [3.05, 3.63) is 28.4 Å². The van der Waals surface area contributed by atoms with Crippen LogP contribution in [-0.2, 0) is 16.1 Å². The number of aromatic nitrogens is 2. The van der Waals surface area contributed by atoms with E-state index in [1.165, 1.54) is 0 Å². The van der Waals surface area contributed by atoms with Gasteiger partial charge in [0.05, 0.1) is 12.1 Å². The predicted molar refractivity (Wildman–Crippen MR) is 117 cm³/mol. The Kier molecular flexibility index (Phi) is 6.95. The van der Waals surface area contributed by atoms with Crippen LogP contribution in [-0.4, -0.2) is 40.9 Å². The number of nitrogens with zero attached hydrogens (tertiary/aromatic N) is 2. The predicted octanol–water partition coefficient (Wildman–Crippen LogP) is 4.79. The first-order valence-electron chi connectivity index (χ1n) is 9.93. The van der Waals surface area contributed by atoms with Crippen molar-refractivity contribution in [2.45, 2.75) is 70.7 Å². The van der Waals surface area contributed by atoms with E-state index in [4.69, 9.17) is 14.5 Å².